The molecule has 0 amide bonds. The highest BCUT2D eigenvalue weighted by Gasteiger charge is 2.41. The van der Waals surface area contributed by atoms with Gasteiger partial charge in [0, 0.05) is 11.4 Å². The number of alkyl halides is 3. The summed E-state index contributed by atoms with van der Waals surface area (Å²) in [6.07, 6.45) is -4.81. The Hall–Kier alpha value is -2.68. The van der Waals surface area contributed by atoms with Crippen molar-refractivity contribution in [3.63, 3.8) is 0 Å². The number of carbonyl (C=O) groups is 1. The second-order valence-corrected chi connectivity index (χ2v) is 6.17. The Labute approximate surface area is 168 Å². The van der Waals surface area contributed by atoms with E-state index in [0.29, 0.717) is 0 Å². The number of hydroxylamine groups is 2. The molecule has 0 aromatic heterocycles. The first-order valence-electron chi connectivity index (χ1n) is 8.42. The number of rotatable bonds is 7. The van der Waals surface area contributed by atoms with E-state index in [-0.39, 0.29) is 17.0 Å². The van der Waals surface area contributed by atoms with Crippen molar-refractivity contribution in [2.24, 2.45) is 0 Å². The Morgan fingerprint density at radius 1 is 1.17 bits per heavy atom. The molecule has 2 rings (SSSR count). The van der Waals surface area contributed by atoms with E-state index in [0.717, 1.165) is 18.2 Å². The van der Waals surface area contributed by atoms with Crippen LogP contribution in [0.3, 0.4) is 0 Å². The van der Waals surface area contributed by atoms with E-state index < -0.39 is 58.7 Å². The van der Waals surface area contributed by atoms with Crippen LogP contribution in [0, 0.1) is 10.4 Å². The minimum absolute atomic E-state index is 0.0362. The van der Waals surface area contributed by atoms with Crippen molar-refractivity contribution >= 4 is 5.97 Å². The van der Waals surface area contributed by atoms with E-state index >= 15 is 0 Å². The molecule has 0 fully saturated rings. The third kappa shape index (κ3) is 5.27. The topological polar surface area (TPSA) is 141 Å². The number of nitrogens with one attached hydrogen (secondary N) is 1. The lowest BCUT2D eigenvalue weighted by Crippen LogP contribution is -2.35. The summed E-state index contributed by atoms with van der Waals surface area (Å²) in [7, 11) is 0. The number of hydrogen-bond acceptors (Lipinski definition) is 10. The second-order valence-electron chi connectivity index (χ2n) is 6.17. The van der Waals surface area contributed by atoms with E-state index in [1.807, 2.05) is 0 Å². The molecule has 1 atom stereocenters. The molecule has 0 spiro atoms. The number of ether oxygens (including phenoxy) is 1. The van der Waals surface area contributed by atoms with Gasteiger partial charge in [0.25, 0.3) is 0 Å². The molecular weight excluding hydrogens is 415 g/mol. The molecule has 0 bridgehead atoms. The molecule has 1 aromatic rings. The third-order valence-electron chi connectivity index (χ3n) is 4.25. The van der Waals surface area contributed by atoms with Crippen molar-refractivity contribution in [1.29, 1.82) is 0 Å². The zero-order chi connectivity index (χ0) is 22.6. The van der Waals surface area contributed by atoms with Crippen LogP contribution in [0.25, 0.3) is 0 Å². The van der Waals surface area contributed by atoms with E-state index in [1.54, 1.807) is 0 Å². The van der Waals surface area contributed by atoms with Gasteiger partial charge in [0.2, 0.25) is 0 Å². The van der Waals surface area contributed by atoms with Crippen LogP contribution in [0.15, 0.2) is 46.9 Å². The summed E-state index contributed by atoms with van der Waals surface area (Å²) >= 11 is 0. The van der Waals surface area contributed by atoms with Crippen molar-refractivity contribution in [1.82, 2.24) is 15.9 Å². The maximum atomic E-state index is 13.6. The molecule has 1 aromatic carbocycles. The van der Waals surface area contributed by atoms with Crippen LogP contribution in [-0.4, -0.2) is 40.2 Å². The van der Waals surface area contributed by atoms with Crippen LogP contribution < -0.4 is 5.32 Å². The lowest BCUT2D eigenvalue weighted by Gasteiger charge is -2.38. The lowest BCUT2D eigenvalue weighted by molar-refractivity contribution is -0.307. The van der Waals surface area contributed by atoms with Gasteiger partial charge in [-0.3, -0.25) is 10.0 Å². The lowest BCUT2D eigenvalue weighted by atomic mass is 9.81. The molecule has 1 aliphatic rings. The number of benzene rings is 1. The second kappa shape index (κ2) is 9.42. The standard InChI is InChI=1S/C17H18F3N3O7/c1-9-13(16(24)29-7-8-30-23(27)28)14(15(22(25)26)10(2)21-9)11-5-3-4-6-12(11)17(18,19)20/h3-6,14,21,25,27H,7-8H2,1-2H3/q-2/t14-/m0/s1. The minimum atomic E-state index is -4.81. The maximum Gasteiger partial charge on any atom is 0.416 e. The quantitative estimate of drug-likeness (QED) is 0.334. The summed E-state index contributed by atoms with van der Waals surface area (Å²) in [6, 6.07) is 4.31. The van der Waals surface area contributed by atoms with Crippen LogP contribution in [0.4, 0.5) is 13.2 Å². The summed E-state index contributed by atoms with van der Waals surface area (Å²) in [5.74, 6) is -2.72. The highest BCUT2D eigenvalue weighted by Crippen LogP contribution is 2.44. The van der Waals surface area contributed by atoms with Gasteiger partial charge in [-0.15, -0.1) is 5.39 Å². The first-order valence-corrected chi connectivity index (χ1v) is 8.42. The zero-order valence-corrected chi connectivity index (χ0v) is 15.8. The summed E-state index contributed by atoms with van der Waals surface area (Å²) in [4.78, 5) is 16.8. The summed E-state index contributed by atoms with van der Waals surface area (Å²) in [6.45, 7) is 1.67. The highest BCUT2D eigenvalue weighted by atomic mass is 19.4. The summed E-state index contributed by atoms with van der Waals surface area (Å²) < 4.78 is 45.7. The molecule has 0 unspecified atom stereocenters. The normalized spacial score (nSPS) is 17.3. The fraction of sp³-hybridized carbons (Fsp3) is 0.353. The zero-order valence-electron chi connectivity index (χ0n) is 15.8. The molecule has 0 saturated carbocycles. The number of allylic oxidation sites excluding steroid dienone is 3. The van der Waals surface area contributed by atoms with Crippen LogP contribution in [0.2, 0.25) is 0 Å². The molecule has 0 radical (unpaired) electrons. The van der Waals surface area contributed by atoms with E-state index in [9.17, 15) is 33.6 Å². The Morgan fingerprint density at radius 3 is 2.37 bits per heavy atom. The van der Waals surface area contributed by atoms with Gasteiger partial charge in [0.15, 0.2) is 0 Å². The molecular formula is C17H18F3N3O7-2. The molecule has 0 aliphatic carbocycles. The Balaban J connectivity index is 2.53. The van der Waals surface area contributed by atoms with Gasteiger partial charge in [-0.2, -0.15) is 13.2 Å². The molecule has 1 heterocycles. The fourth-order valence-corrected chi connectivity index (χ4v) is 3.14. The molecule has 166 valence electrons. The molecule has 30 heavy (non-hydrogen) atoms. The first kappa shape index (κ1) is 23.6. The van der Waals surface area contributed by atoms with Gasteiger partial charge >= 0.3 is 12.1 Å². The third-order valence-corrected chi connectivity index (χ3v) is 4.25. The maximum absolute atomic E-state index is 13.6. The predicted molar refractivity (Wildman–Crippen MR) is 93.6 cm³/mol. The van der Waals surface area contributed by atoms with Gasteiger partial charge in [-0.05, 0) is 25.5 Å². The first-order chi connectivity index (χ1) is 13.9. The number of esters is 1. The Bertz CT molecular complexity index is 853. The average molecular weight is 433 g/mol. The molecule has 10 nitrogen and oxygen atoms in total. The van der Waals surface area contributed by atoms with Crippen LogP contribution in [-0.2, 0) is 20.5 Å². The number of nitrogens with zero attached hydrogens (tertiary/aromatic N) is 2. The van der Waals surface area contributed by atoms with Gasteiger partial charge in [-0.25, -0.2) is 4.79 Å². The summed E-state index contributed by atoms with van der Waals surface area (Å²) in [5, 5.41) is 41.2. The van der Waals surface area contributed by atoms with Crippen molar-refractivity contribution in [3.05, 3.63) is 68.5 Å². The average Bonchev–Trinajstić information content (AvgIpc) is 2.63. The van der Waals surface area contributed by atoms with Crippen molar-refractivity contribution in [2.45, 2.75) is 25.9 Å². The Kier molecular flexibility index (Phi) is 7.41. The van der Waals surface area contributed by atoms with Crippen molar-refractivity contribution in [2.75, 3.05) is 13.2 Å². The van der Waals surface area contributed by atoms with E-state index in [1.165, 1.54) is 19.9 Å². The minimum Gasteiger partial charge on any atom is -0.738 e. The number of dihydropyridines is 1. The smallest absolute Gasteiger partial charge is 0.416 e. The molecule has 0 saturated heterocycles. The van der Waals surface area contributed by atoms with Gasteiger partial charge in [0.1, 0.15) is 13.2 Å². The number of carbonyl (C=O) groups excluding carboxylic acids is 1. The van der Waals surface area contributed by atoms with Crippen LogP contribution in [0.1, 0.15) is 30.9 Å². The van der Waals surface area contributed by atoms with E-state index in [4.69, 9.17) is 9.94 Å². The fourth-order valence-electron chi connectivity index (χ4n) is 3.14. The predicted octanol–water partition coefficient (Wildman–Crippen LogP) is 2.75. The monoisotopic (exact) mass is 433 g/mol. The SMILES string of the molecule is CC1=C(C(=O)OCCON([O-])O)[C@H](c2ccccc2C(F)(F)F)C(N([O-])O)=C(C)N1. The van der Waals surface area contributed by atoms with Crippen molar-refractivity contribution in [3.8, 4) is 0 Å². The number of hydrogen-bond donors (Lipinski definition) is 3. The molecule has 1 aliphatic heterocycles. The molecule has 13 heteroatoms. The van der Waals surface area contributed by atoms with Gasteiger partial charge < -0.3 is 30.9 Å². The molecule has 3 N–H and O–H groups in total. The largest absolute Gasteiger partial charge is 0.738 e. The Morgan fingerprint density at radius 2 is 1.80 bits per heavy atom. The highest BCUT2D eigenvalue weighted by molar-refractivity contribution is 5.92. The van der Waals surface area contributed by atoms with E-state index in [2.05, 4.69) is 10.2 Å². The summed E-state index contributed by atoms with van der Waals surface area (Å²) in [5.41, 5.74) is -2.30. The van der Waals surface area contributed by atoms with Gasteiger partial charge in [-0.1, -0.05) is 18.2 Å². The van der Waals surface area contributed by atoms with Crippen LogP contribution in [0.5, 0.6) is 0 Å². The van der Waals surface area contributed by atoms with Crippen LogP contribution >= 0.6 is 0 Å². The van der Waals surface area contributed by atoms with Gasteiger partial charge in [0.05, 0.1) is 22.8 Å². The number of halogens is 3. The van der Waals surface area contributed by atoms with Crippen molar-refractivity contribution < 1.29 is 38.0 Å².